The number of hydrogen-bond donors (Lipinski definition) is 3. The van der Waals surface area contributed by atoms with Crippen molar-refractivity contribution >= 4 is 17.5 Å². The van der Waals surface area contributed by atoms with Gasteiger partial charge in [-0.1, -0.05) is 18.5 Å². The summed E-state index contributed by atoms with van der Waals surface area (Å²) in [6.07, 6.45) is 3.47. The Labute approximate surface area is 123 Å². The summed E-state index contributed by atoms with van der Waals surface area (Å²) < 4.78 is 0. The molecular formula is C15H20ClNO3. The Morgan fingerprint density at radius 3 is 2.65 bits per heavy atom. The van der Waals surface area contributed by atoms with Crippen LogP contribution < -0.4 is 5.32 Å². The van der Waals surface area contributed by atoms with Crippen molar-refractivity contribution in [2.45, 2.75) is 38.1 Å². The first-order valence-electron chi connectivity index (χ1n) is 6.88. The molecule has 110 valence electrons. The van der Waals surface area contributed by atoms with Gasteiger partial charge in [-0.2, -0.15) is 0 Å². The van der Waals surface area contributed by atoms with E-state index in [1.807, 2.05) is 0 Å². The Kier molecular flexibility index (Phi) is 4.55. The van der Waals surface area contributed by atoms with E-state index >= 15 is 0 Å². The minimum Gasteiger partial charge on any atom is -0.507 e. The number of phenolic OH excluding ortho intramolecular Hbond substituents is 1. The Morgan fingerprint density at radius 2 is 2.10 bits per heavy atom. The molecule has 0 radical (unpaired) electrons. The maximum Gasteiger partial charge on any atom is 0.255 e. The Morgan fingerprint density at radius 1 is 1.45 bits per heavy atom. The quantitative estimate of drug-likeness (QED) is 0.803. The van der Waals surface area contributed by atoms with Crippen LogP contribution in [0.25, 0.3) is 0 Å². The Bertz CT molecular complexity index is 496. The van der Waals surface area contributed by atoms with E-state index in [-0.39, 0.29) is 23.8 Å². The fourth-order valence-corrected chi connectivity index (χ4v) is 2.81. The first-order chi connectivity index (χ1) is 9.46. The first kappa shape index (κ1) is 15.1. The number of carbonyl (C=O) groups excluding carboxylic acids is 1. The van der Waals surface area contributed by atoms with Crippen LogP contribution in [0.15, 0.2) is 18.2 Å². The van der Waals surface area contributed by atoms with Crippen molar-refractivity contribution in [1.29, 1.82) is 0 Å². The lowest BCUT2D eigenvalue weighted by Gasteiger charge is -2.38. The molecule has 1 aromatic rings. The van der Waals surface area contributed by atoms with Gasteiger partial charge in [0, 0.05) is 5.02 Å². The summed E-state index contributed by atoms with van der Waals surface area (Å²) in [5.74, 6) is 0.102. The second kappa shape index (κ2) is 6.02. The molecule has 0 bridgehead atoms. The zero-order chi connectivity index (χ0) is 14.8. The molecular weight excluding hydrogens is 278 g/mol. The SMILES string of the molecule is CC1CCC(CO)(NC(=O)c2ccc(Cl)cc2O)CC1. The molecule has 0 aliphatic heterocycles. The van der Waals surface area contributed by atoms with Crippen molar-refractivity contribution in [3.8, 4) is 5.75 Å². The molecule has 1 aromatic carbocycles. The van der Waals surface area contributed by atoms with Gasteiger partial charge in [-0.25, -0.2) is 0 Å². The van der Waals surface area contributed by atoms with Crippen LogP contribution in [0, 0.1) is 5.92 Å². The molecule has 1 aliphatic carbocycles. The zero-order valence-corrected chi connectivity index (χ0v) is 12.3. The first-order valence-corrected chi connectivity index (χ1v) is 7.25. The van der Waals surface area contributed by atoms with Crippen LogP contribution >= 0.6 is 11.6 Å². The van der Waals surface area contributed by atoms with E-state index in [1.165, 1.54) is 12.1 Å². The summed E-state index contributed by atoms with van der Waals surface area (Å²) in [4.78, 5) is 12.3. The van der Waals surface area contributed by atoms with E-state index in [2.05, 4.69) is 12.2 Å². The van der Waals surface area contributed by atoms with Crippen molar-refractivity contribution in [2.75, 3.05) is 6.61 Å². The maximum absolute atomic E-state index is 12.3. The van der Waals surface area contributed by atoms with Crippen molar-refractivity contribution in [1.82, 2.24) is 5.32 Å². The molecule has 1 aliphatic rings. The molecule has 0 saturated heterocycles. The number of amides is 1. The topological polar surface area (TPSA) is 69.6 Å². The number of phenols is 1. The molecule has 4 nitrogen and oxygen atoms in total. The lowest BCUT2D eigenvalue weighted by Crippen LogP contribution is -2.53. The highest BCUT2D eigenvalue weighted by Crippen LogP contribution is 2.32. The van der Waals surface area contributed by atoms with Crippen LogP contribution in [-0.4, -0.2) is 28.3 Å². The van der Waals surface area contributed by atoms with E-state index in [0.717, 1.165) is 25.7 Å². The monoisotopic (exact) mass is 297 g/mol. The highest BCUT2D eigenvalue weighted by Gasteiger charge is 2.35. The predicted octanol–water partition coefficient (Wildman–Crippen LogP) is 2.72. The van der Waals surface area contributed by atoms with Crippen molar-refractivity contribution in [2.24, 2.45) is 5.92 Å². The third-order valence-corrected chi connectivity index (χ3v) is 4.35. The molecule has 2 rings (SSSR count). The highest BCUT2D eigenvalue weighted by atomic mass is 35.5. The minimum absolute atomic E-state index is 0.0835. The second-order valence-corrected chi connectivity index (χ2v) is 6.17. The average molecular weight is 298 g/mol. The Hall–Kier alpha value is -1.26. The zero-order valence-electron chi connectivity index (χ0n) is 11.5. The van der Waals surface area contributed by atoms with Crippen molar-refractivity contribution < 1.29 is 15.0 Å². The lowest BCUT2D eigenvalue weighted by atomic mass is 9.77. The van der Waals surface area contributed by atoms with Crippen LogP contribution in [0.1, 0.15) is 43.0 Å². The van der Waals surface area contributed by atoms with Gasteiger partial charge in [0.15, 0.2) is 0 Å². The van der Waals surface area contributed by atoms with Gasteiger partial charge in [-0.15, -0.1) is 0 Å². The standard InChI is InChI=1S/C15H20ClNO3/c1-10-4-6-15(9-18,7-5-10)17-14(20)12-3-2-11(16)8-13(12)19/h2-3,8,10,18-19H,4-7,9H2,1H3,(H,17,20). The normalized spacial score (nSPS) is 26.2. The molecule has 0 aromatic heterocycles. The van der Waals surface area contributed by atoms with Gasteiger partial charge < -0.3 is 15.5 Å². The van der Waals surface area contributed by atoms with E-state index in [1.54, 1.807) is 6.07 Å². The minimum atomic E-state index is -0.574. The summed E-state index contributed by atoms with van der Waals surface area (Å²) in [5, 5.41) is 22.7. The smallest absolute Gasteiger partial charge is 0.255 e. The molecule has 1 fully saturated rings. The number of hydrogen-bond acceptors (Lipinski definition) is 3. The fourth-order valence-electron chi connectivity index (χ4n) is 2.64. The third kappa shape index (κ3) is 3.25. The summed E-state index contributed by atoms with van der Waals surface area (Å²) in [5.41, 5.74) is -0.392. The van der Waals surface area contributed by atoms with Crippen molar-refractivity contribution in [3.05, 3.63) is 28.8 Å². The summed E-state index contributed by atoms with van der Waals surface area (Å²) in [6, 6.07) is 4.39. The molecule has 1 amide bonds. The number of benzene rings is 1. The summed E-state index contributed by atoms with van der Waals surface area (Å²) in [7, 11) is 0. The van der Waals surface area contributed by atoms with E-state index in [0.29, 0.717) is 10.9 Å². The van der Waals surface area contributed by atoms with Gasteiger partial charge in [0.25, 0.3) is 5.91 Å². The Balaban J connectivity index is 2.13. The predicted molar refractivity (Wildman–Crippen MR) is 78.0 cm³/mol. The van der Waals surface area contributed by atoms with E-state index in [9.17, 15) is 15.0 Å². The molecule has 1 saturated carbocycles. The number of nitrogens with one attached hydrogen (secondary N) is 1. The van der Waals surface area contributed by atoms with Gasteiger partial charge in [-0.3, -0.25) is 4.79 Å². The van der Waals surface area contributed by atoms with Gasteiger partial charge in [-0.05, 0) is 49.8 Å². The second-order valence-electron chi connectivity index (χ2n) is 5.74. The van der Waals surface area contributed by atoms with Gasteiger partial charge in [0.05, 0.1) is 17.7 Å². The largest absolute Gasteiger partial charge is 0.507 e. The van der Waals surface area contributed by atoms with Gasteiger partial charge >= 0.3 is 0 Å². The molecule has 0 atom stereocenters. The van der Waals surface area contributed by atoms with Gasteiger partial charge in [0.2, 0.25) is 0 Å². The molecule has 0 heterocycles. The fraction of sp³-hybridized carbons (Fsp3) is 0.533. The van der Waals surface area contributed by atoms with Crippen LogP contribution in [0.2, 0.25) is 5.02 Å². The molecule has 20 heavy (non-hydrogen) atoms. The van der Waals surface area contributed by atoms with Crippen LogP contribution in [0.4, 0.5) is 0 Å². The summed E-state index contributed by atoms with van der Waals surface area (Å²) in [6.45, 7) is 2.09. The van der Waals surface area contributed by atoms with Crippen LogP contribution in [0.3, 0.4) is 0 Å². The van der Waals surface area contributed by atoms with E-state index in [4.69, 9.17) is 11.6 Å². The molecule has 3 N–H and O–H groups in total. The highest BCUT2D eigenvalue weighted by molar-refractivity contribution is 6.30. The number of aliphatic hydroxyl groups is 1. The maximum atomic E-state index is 12.3. The number of carbonyl (C=O) groups is 1. The van der Waals surface area contributed by atoms with Crippen LogP contribution in [0.5, 0.6) is 5.75 Å². The number of aromatic hydroxyl groups is 1. The van der Waals surface area contributed by atoms with Gasteiger partial charge in [0.1, 0.15) is 5.75 Å². The number of halogens is 1. The third-order valence-electron chi connectivity index (χ3n) is 4.12. The lowest BCUT2D eigenvalue weighted by molar-refractivity contribution is 0.0715. The average Bonchev–Trinajstić information content (AvgIpc) is 2.41. The summed E-state index contributed by atoms with van der Waals surface area (Å²) >= 11 is 5.75. The molecule has 0 unspecified atom stereocenters. The number of rotatable bonds is 3. The molecule has 5 heteroatoms. The molecule has 0 spiro atoms. The van der Waals surface area contributed by atoms with Crippen molar-refractivity contribution in [3.63, 3.8) is 0 Å². The van der Waals surface area contributed by atoms with E-state index < -0.39 is 5.54 Å². The van der Waals surface area contributed by atoms with Crippen LogP contribution in [-0.2, 0) is 0 Å². The number of aliphatic hydroxyl groups excluding tert-OH is 1.